The zero-order valence-electron chi connectivity index (χ0n) is 12.2. The first kappa shape index (κ1) is 14.7. The van der Waals surface area contributed by atoms with Gasteiger partial charge in [0.25, 0.3) is 5.91 Å². The van der Waals surface area contributed by atoms with Crippen molar-refractivity contribution in [1.29, 1.82) is 0 Å². The van der Waals surface area contributed by atoms with Gasteiger partial charge < -0.3 is 15.5 Å². The van der Waals surface area contributed by atoms with Gasteiger partial charge >= 0.3 is 0 Å². The molecule has 1 aromatic heterocycles. The van der Waals surface area contributed by atoms with Crippen molar-refractivity contribution < 1.29 is 4.79 Å². The lowest BCUT2D eigenvalue weighted by Gasteiger charge is -2.25. The van der Waals surface area contributed by atoms with E-state index >= 15 is 0 Å². The van der Waals surface area contributed by atoms with E-state index in [4.69, 9.17) is 5.73 Å². The normalized spacial score (nSPS) is 18.4. The van der Waals surface area contributed by atoms with Crippen molar-refractivity contribution in [1.82, 2.24) is 15.1 Å². The van der Waals surface area contributed by atoms with Crippen LogP contribution in [0.3, 0.4) is 0 Å². The highest BCUT2D eigenvalue weighted by Crippen LogP contribution is 2.26. The summed E-state index contributed by atoms with van der Waals surface area (Å²) in [5.41, 5.74) is 5.97. The van der Waals surface area contributed by atoms with E-state index < -0.39 is 0 Å². The molecule has 6 nitrogen and oxygen atoms in total. The number of rotatable bonds is 5. The minimum atomic E-state index is -0.120. The second-order valence-corrected chi connectivity index (χ2v) is 5.40. The highest BCUT2D eigenvalue weighted by Gasteiger charge is 2.25. The molecule has 6 heteroatoms. The maximum Gasteiger partial charge on any atom is 0.273 e. The number of amides is 1. The molecule has 1 unspecified atom stereocenters. The summed E-state index contributed by atoms with van der Waals surface area (Å²) in [7, 11) is 3.42. The van der Waals surface area contributed by atoms with E-state index in [9.17, 15) is 4.79 Å². The number of carbonyl (C=O) groups is 1. The van der Waals surface area contributed by atoms with Crippen LogP contribution in [-0.4, -0.2) is 54.2 Å². The van der Waals surface area contributed by atoms with Crippen LogP contribution in [0, 0.1) is 0 Å². The number of hydrogen-bond donors (Lipinski definition) is 1. The fourth-order valence-corrected chi connectivity index (χ4v) is 2.61. The maximum absolute atomic E-state index is 11.8. The molecular weight excluding hydrogens is 254 g/mol. The molecule has 0 aromatic carbocycles. The fourth-order valence-electron chi connectivity index (χ4n) is 2.61. The van der Waals surface area contributed by atoms with Gasteiger partial charge in [-0.15, -0.1) is 10.2 Å². The largest absolute Gasteiger partial charge is 0.352 e. The van der Waals surface area contributed by atoms with Gasteiger partial charge in [0, 0.05) is 26.7 Å². The average molecular weight is 277 g/mol. The van der Waals surface area contributed by atoms with Gasteiger partial charge in [-0.3, -0.25) is 4.79 Å². The lowest BCUT2D eigenvalue weighted by Crippen LogP contribution is -2.31. The zero-order chi connectivity index (χ0) is 14.5. The highest BCUT2D eigenvalue weighted by molar-refractivity contribution is 5.91. The molecule has 0 spiro atoms. The van der Waals surface area contributed by atoms with E-state index in [0.717, 1.165) is 31.7 Å². The third kappa shape index (κ3) is 3.25. The molecule has 2 N–H and O–H groups in total. The lowest BCUT2D eigenvalue weighted by atomic mass is 10.1. The zero-order valence-corrected chi connectivity index (χ0v) is 12.2. The number of carbonyl (C=O) groups excluding carboxylic acids is 1. The topological polar surface area (TPSA) is 75.4 Å². The Bertz CT molecular complexity index is 445. The van der Waals surface area contributed by atoms with Crippen LogP contribution in [0.25, 0.3) is 0 Å². The summed E-state index contributed by atoms with van der Waals surface area (Å²) in [5.74, 6) is 0.741. The van der Waals surface area contributed by atoms with Crippen LogP contribution < -0.4 is 10.6 Å². The van der Waals surface area contributed by atoms with Gasteiger partial charge in [0.15, 0.2) is 11.5 Å². The van der Waals surface area contributed by atoms with Gasteiger partial charge in [0.05, 0.1) is 0 Å². The van der Waals surface area contributed by atoms with Crippen molar-refractivity contribution >= 4 is 11.7 Å². The van der Waals surface area contributed by atoms with Crippen LogP contribution in [0.4, 0.5) is 5.82 Å². The molecular formula is C14H23N5O. The molecule has 1 atom stereocenters. The Hall–Kier alpha value is -1.69. The molecule has 1 aliphatic heterocycles. The van der Waals surface area contributed by atoms with Gasteiger partial charge in [-0.1, -0.05) is 0 Å². The first-order valence-electron chi connectivity index (χ1n) is 7.15. The van der Waals surface area contributed by atoms with Crippen molar-refractivity contribution in [2.24, 2.45) is 5.73 Å². The molecule has 20 heavy (non-hydrogen) atoms. The summed E-state index contributed by atoms with van der Waals surface area (Å²) in [5, 5.41) is 8.27. The number of aromatic nitrogens is 2. The molecule has 1 saturated heterocycles. The first-order valence-corrected chi connectivity index (χ1v) is 7.15. The summed E-state index contributed by atoms with van der Waals surface area (Å²) in [4.78, 5) is 15.6. The van der Waals surface area contributed by atoms with Crippen LogP contribution in [0.15, 0.2) is 12.1 Å². The molecule has 0 aliphatic carbocycles. The Morgan fingerprint density at radius 2 is 2.25 bits per heavy atom. The molecule has 1 aliphatic rings. The van der Waals surface area contributed by atoms with E-state index in [-0.39, 0.29) is 5.91 Å². The quantitative estimate of drug-likeness (QED) is 0.865. The van der Waals surface area contributed by atoms with E-state index in [1.165, 1.54) is 17.7 Å². The van der Waals surface area contributed by atoms with E-state index in [1.54, 1.807) is 20.2 Å². The Morgan fingerprint density at radius 1 is 1.45 bits per heavy atom. The first-order chi connectivity index (χ1) is 9.63. The Balaban J connectivity index is 2.07. The predicted octanol–water partition coefficient (Wildman–Crippen LogP) is 0.886. The van der Waals surface area contributed by atoms with Crippen molar-refractivity contribution in [3.05, 3.63) is 17.8 Å². The molecule has 110 valence electrons. The minimum absolute atomic E-state index is 0.120. The van der Waals surface area contributed by atoms with Crippen LogP contribution in [0.1, 0.15) is 36.2 Å². The SMILES string of the molecule is CN(C)C(=O)c1ccc(N2CCCC2CCCN)nn1. The van der Waals surface area contributed by atoms with Crippen LogP contribution in [0.5, 0.6) is 0 Å². The molecule has 1 aromatic rings. The van der Waals surface area contributed by atoms with Crippen molar-refractivity contribution in [2.45, 2.75) is 31.7 Å². The standard InChI is InChI=1S/C14H23N5O/c1-18(2)14(20)12-7-8-13(17-16-12)19-10-4-6-11(19)5-3-9-15/h7-8,11H,3-6,9-10,15H2,1-2H3. The summed E-state index contributed by atoms with van der Waals surface area (Å²) < 4.78 is 0. The van der Waals surface area contributed by atoms with Gasteiger partial charge in [-0.25, -0.2) is 0 Å². The number of nitrogens with zero attached hydrogens (tertiary/aromatic N) is 4. The van der Waals surface area contributed by atoms with E-state index in [0.29, 0.717) is 11.7 Å². The summed E-state index contributed by atoms with van der Waals surface area (Å²) in [6, 6.07) is 4.15. The predicted molar refractivity (Wildman–Crippen MR) is 78.7 cm³/mol. The Labute approximate surface area is 120 Å². The number of nitrogens with two attached hydrogens (primary N) is 1. The highest BCUT2D eigenvalue weighted by atomic mass is 16.2. The van der Waals surface area contributed by atoms with E-state index in [2.05, 4.69) is 15.1 Å². The van der Waals surface area contributed by atoms with Gasteiger partial charge in [0.1, 0.15) is 0 Å². The number of hydrogen-bond acceptors (Lipinski definition) is 5. The van der Waals surface area contributed by atoms with Crippen LogP contribution in [0.2, 0.25) is 0 Å². The molecule has 2 rings (SSSR count). The fraction of sp³-hybridized carbons (Fsp3) is 0.643. The molecule has 1 amide bonds. The summed E-state index contributed by atoms with van der Waals surface area (Å²) >= 11 is 0. The second kappa shape index (κ2) is 6.65. The second-order valence-electron chi connectivity index (χ2n) is 5.40. The molecule has 2 heterocycles. The van der Waals surface area contributed by atoms with Crippen LogP contribution in [-0.2, 0) is 0 Å². The summed E-state index contributed by atoms with van der Waals surface area (Å²) in [6.45, 7) is 1.73. The molecule has 1 fully saturated rings. The monoisotopic (exact) mass is 277 g/mol. The molecule has 0 saturated carbocycles. The van der Waals surface area contributed by atoms with Crippen molar-refractivity contribution in [3.8, 4) is 0 Å². The lowest BCUT2D eigenvalue weighted by molar-refractivity contribution is 0.0821. The minimum Gasteiger partial charge on any atom is -0.352 e. The number of anilines is 1. The van der Waals surface area contributed by atoms with Crippen molar-refractivity contribution in [2.75, 3.05) is 32.1 Å². The Kier molecular flexibility index (Phi) is 4.89. The smallest absolute Gasteiger partial charge is 0.273 e. The van der Waals surface area contributed by atoms with Gasteiger partial charge in [-0.05, 0) is 44.4 Å². The molecule has 0 bridgehead atoms. The van der Waals surface area contributed by atoms with Crippen LogP contribution >= 0.6 is 0 Å². The maximum atomic E-state index is 11.8. The van der Waals surface area contributed by atoms with E-state index in [1.807, 2.05) is 6.07 Å². The Morgan fingerprint density at radius 3 is 2.85 bits per heavy atom. The third-order valence-corrected chi connectivity index (χ3v) is 3.69. The molecule has 0 radical (unpaired) electrons. The van der Waals surface area contributed by atoms with Gasteiger partial charge in [-0.2, -0.15) is 0 Å². The van der Waals surface area contributed by atoms with Gasteiger partial charge in [0.2, 0.25) is 0 Å². The van der Waals surface area contributed by atoms with Crippen molar-refractivity contribution in [3.63, 3.8) is 0 Å². The third-order valence-electron chi connectivity index (χ3n) is 3.69. The average Bonchev–Trinajstić information content (AvgIpc) is 2.92. The summed E-state index contributed by atoms with van der Waals surface area (Å²) in [6.07, 6.45) is 4.48.